The van der Waals surface area contributed by atoms with E-state index in [9.17, 15) is 0 Å². The van der Waals surface area contributed by atoms with E-state index in [1.807, 2.05) is 0 Å². The van der Waals surface area contributed by atoms with Gasteiger partial charge in [-0.2, -0.15) is 0 Å². The average molecular weight is 623 g/mol. The maximum Gasteiger partial charge on any atom is 0.0405 e. The Bertz CT molecular complexity index is 3320. The molecule has 0 amide bonds. The van der Waals surface area contributed by atoms with Crippen molar-refractivity contribution in [3.8, 4) is 23.7 Å². The van der Waals surface area contributed by atoms with Crippen LogP contribution in [0.3, 0.4) is 0 Å². The summed E-state index contributed by atoms with van der Waals surface area (Å²) in [6, 6.07) is 49.1. The molecule has 0 unspecified atom stereocenters. The van der Waals surface area contributed by atoms with Gasteiger partial charge in [-0.15, -0.1) is 0 Å². The molecule has 0 aliphatic carbocycles. The molecule has 0 heteroatoms. The van der Waals surface area contributed by atoms with Crippen LogP contribution in [0, 0.1) is 23.7 Å². The van der Waals surface area contributed by atoms with Gasteiger partial charge in [-0.3, -0.25) is 0 Å². The largest absolute Gasteiger partial charge is 0.0609 e. The summed E-state index contributed by atoms with van der Waals surface area (Å²) < 4.78 is 0. The molecule has 0 nitrogen and oxygen atoms in total. The second-order valence-electron chi connectivity index (χ2n) is 14.0. The van der Waals surface area contributed by atoms with Gasteiger partial charge in [0, 0.05) is 22.3 Å². The summed E-state index contributed by atoms with van der Waals surface area (Å²) in [5, 5.41) is 26.5. The Morgan fingerprint density at radius 3 is 0.840 bits per heavy atom. The van der Waals surface area contributed by atoms with Gasteiger partial charge in [0.25, 0.3) is 0 Å². The van der Waals surface area contributed by atoms with E-state index in [1.54, 1.807) is 0 Å². The van der Waals surface area contributed by atoms with E-state index in [0.29, 0.717) is 0 Å². The number of rotatable bonds is 0. The van der Waals surface area contributed by atoms with Gasteiger partial charge < -0.3 is 0 Å². The summed E-state index contributed by atoms with van der Waals surface area (Å²) in [5.74, 6) is 14.4. The molecule has 0 aliphatic rings. The number of hydrogen-bond acceptors (Lipinski definition) is 0. The zero-order valence-corrected chi connectivity index (χ0v) is 26.7. The van der Waals surface area contributed by atoms with E-state index < -0.39 is 0 Å². The van der Waals surface area contributed by atoms with Crippen molar-refractivity contribution < 1.29 is 0 Å². The fourth-order valence-corrected chi connectivity index (χ4v) is 9.52. The van der Waals surface area contributed by atoms with E-state index in [1.165, 1.54) is 108 Å². The number of benzene rings is 11. The minimum atomic E-state index is 0.945. The van der Waals surface area contributed by atoms with E-state index in [0.717, 1.165) is 22.3 Å². The highest BCUT2D eigenvalue weighted by atomic mass is 14.2. The molecule has 13 aromatic carbocycles. The van der Waals surface area contributed by atoms with Crippen molar-refractivity contribution in [2.75, 3.05) is 0 Å². The van der Waals surface area contributed by atoms with Gasteiger partial charge in [0.05, 0.1) is 0 Å². The molecule has 13 aromatic rings. The van der Waals surface area contributed by atoms with E-state index >= 15 is 0 Å². The molecule has 0 aromatic heterocycles. The molecule has 13 rings (SSSR count). The summed E-state index contributed by atoms with van der Waals surface area (Å²) in [6.45, 7) is 0. The van der Waals surface area contributed by atoms with E-state index in [-0.39, 0.29) is 0 Å². The third-order valence-corrected chi connectivity index (χ3v) is 11.6. The molecule has 222 valence electrons. The second kappa shape index (κ2) is 8.59. The normalized spacial score (nSPS) is 12.5. The lowest BCUT2D eigenvalue weighted by Crippen LogP contribution is -1.87. The zero-order chi connectivity index (χ0) is 32.2. The first-order chi connectivity index (χ1) is 24.8. The third kappa shape index (κ3) is 2.94. The van der Waals surface area contributed by atoms with Crippen LogP contribution in [0.25, 0.3) is 108 Å². The van der Waals surface area contributed by atoms with Crippen LogP contribution in [0.4, 0.5) is 0 Å². The summed E-state index contributed by atoms with van der Waals surface area (Å²) >= 11 is 0. The fourth-order valence-electron chi connectivity index (χ4n) is 9.52. The topological polar surface area (TPSA) is 0 Å². The molecule has 0 radical (unpaired) electrons. The summed E-state index contributed by atoms with van der Waals surface area (Å²) in [4.78, 5) is 0. The van der Waals surface area contributed by atoms with Crippen molar-refractivity contribution >= 4 is 108 Å². The molecule has 0 bridgehead atoms. The Kier molecular flexibility index (Phi) is 4.33. The van der Waals surface area contributed by atoms with Crippen molar-refractivity contribution in [1.82, 2.24) is 0 Å². The average Bonchev–Trinajstić information content (AvgIpc) is 3.73. The Morgan fingerprint density at radius 1 is 0.220 bits per heavy atom. The summed E-state index contributed by atoms with van der Waals surface area (Å²) in [6.07, 6.45) is 0. The highest BCUT2D eigenvalue weighted by Gasteiger charge is 2.22. The fraction of sp³-hybridized carbons (Fsp3) is 0. The highest BCUT2D eigenvalue weighted by molar-refractivity contribution is 6.46. The van der Waals surface area contributed by atoms with Gasteiger partial charge >= 0.3 is 0 Å². The van der Waals surface area contributed by atoms with Crippen LogP contribution in [0.1, 0.15) is 22.3 Å². The Hall–Kier alpha value is -6.86. The van der Waals surface area contributed by atoms with Crippen molar-refractivity contribution in [3.05, 3.63) is 156 Å². The van der Waals surface area contributed by atoms with Crippen molar-refractivity contribution in [2.24, 2.45) is 0 Å². The van der Waals surface area contributed by atoms with Crippen molar-refractivity contribution in [1.29, 1.82) is 0 Å². The Morgan fingerprint density at radius 2 is 0.480 bits per heavy atom. The minimum absolute atomic E-state index is 0.945. The highest BCUT2D eigenvalue weighted by Crippen LogP contribution is 2.50. The smallest absolute Gasteiger partial charge is 0.0405 e. The lowest BCUT2D eigenvalue weighted by Gasteiger charge is -2.07. The maximum absolute atomic E-state index is 3.62. The molecule has 0 saturated heterocycles. The lowest BCUT2D eigenvalue weighted by molar-refractivity contribution is 1.58. The van der Waals surface area contributed by atoms with Crippen LogP contribution < -0.4 is 0 Å². The molecule has 0 N–H and O–H groups in total. The zero-order valence-electron chi connectivity index (χ0n) is 26.7. The van der Waals surface area contributed by atoms with Gasteiger partial charge in [0.2, 0.25) is 0 Å². The molecule has 0 aliphatic heterocycles. The first-order valence-corrected chi connectivity index (χ1v) is 17.3. The lowest BCUT2D eigenvalue weighted by atomic mass is 9.95. The van der Waals surface area contributed by atoms with Crippen molar-refractivity contribution in [2.45, 2.75) is 0 Å². The number of hydrogen-bond donors (Lipinski definition) is 0. The molecular weight excluding hydrogens is 601 g/mol. The van der Waals surface area contributed by atoms with Crippen LogP contribution in [0.2, 0.25) is 0 Å². The monoisotopic (exact) mass is 622 g/mol. The maximum atomic E-state index is 3.62. The standard InChI is InChI=1S/C50H22/c1-2-4-28(6-18-36-26-38-20-16-32-10-8-30-12-14-34-22-24-40(36)50-46(34)42(30)44(32)48(38)50)27(3-1)5-17-35-25-37-19-15-31-9-7-29-11-13-33-21-23-39(35)49-45(33)41(29)43(31)47(37)49/h1-4,7-16,19-26H. The molecule has 0 heterocycles. The van der Waals surface area contributed by atoms with Gasteiger partial charge in [-0.25, -0.2) is 0 Å². The van der Waals surface area contributed by atoms with Crippen LogP contribution in [0.5, 0.6) is 0 Å². The molecular formula is C50H22. The Balaban J connectivity index is 1.00. The third-order valence-electron chi connectivity index (χ3n) is 11.6. The molecule has 0 spiro atoms. The minimum Gasteiger partial charge on any atom is -0.0609 e. The predicted octanol–water partition coefficient (Wildman–Crippen LogP) is 12.6. The van der Waals surface area contributed by atoms with Crippen LogP contribution in [0.15, 0.2) is 133 Å². The van der Waals surface area contributed by atoms with Gasteiger partial charge in [-0.1, -0.05) is 133 Å². The first-order valence-electron chi connectivity index (χ1n) is 17.3. The van der Waals surface area contributed by atoms with Crippen LogP contribution in [-0.2, 0) is 0 Å². The van der Waals surface area contributed by atoms with Crippen molar-refractivity contribution in [3.63, 3.8) is 0 Å². The van der Waals surface area contributed by atoms with E-state index in [4.69, 9.17) is 0 Å². The molecule has 50 heavy (non-hydrogen) atoms. The summed E-state index contributed by atoms with van der Waals surface area (Å²) in [5.41, 5.74) is 4.01. The molecule has 0 fully saturated rings. The Labute approximate surface area is 286 Å². The molecule has 0 atom stereocenters. The summed E-state index contributed by atoms with van der Waals surface area (Å²) in [7, 11) is 0. The van der Waals surface area contributed by atoms with Crippen LogP contribution in [-0.4, -0.2) is 0 Å². The van der Waals surface area contributed by atoms with Gasteiger partial charge in [0.1, 0.15) is 0 Å². The van der Waals surface area contributed by atoms with E-state index in [2.05, 4.69) is 157 Å². The first kappa shape index (κ1) is 25.2. The predicted molar refractivity (Wildman–Crippen MR) is 213 cm³/mol. The second-order valence-corrected chi connectivity index (χ2v) is 14.0. The quantitative estimate of drug-likeness (QED) is 0.117. The van der Waals surface area contributed by atoms with Gasteiger partial charge in [0.15, 0.2) is 0 Å². The SMILES string of the molecule is C(#Cc1cc2ccc3ccc4ccc5ccc1c1c5c4c3c21)c1ccccc1C#Cc1cc2ccc3ccc4ccc5ccc1c1c5c4c3c21. The molecule has 0 saturated carbocycles. The van der Waals surface area contributed by atoms with Gasteiger partial charge in [-0.05, 0) is 132 Å². The van der Waals surface area contributed by atoms with Crippen LogP contribution >= 0.6 is 0 Å².